The van der Waals surface area contributed by atoms with Gasteiger partial charge in [-0.05, 0) is 25.7 Å². The topological polar surface area (TPSA) is 0 Å². The molecule has 1 aliphatic carbocycles. The zero-order valence-corrected chi connectivity index (χ0v) is 7.34. The molecule has 0 saturated carbocycles. The molecule has 0 atom stereocenters. The van der Waals surface area contributed by atoms with E-state index in [2.05, 4.69) is 31.2 Å². The van der Waals surface area contributed by atoms with Crippen LogP contribution < -0.4 is 0 Å². The van der Waals surface area contributed by atoms with Crippen LogP contribution in [0.15, 0.2) is 24.3 Å². The summed E-state index contributed by atoms with van der Waals surface area (Å²) in [4.78, 5) is 0. The molecule has 0 bridgehead atoms. The summed E-state index contributed by atoms with van der Waals surface area (Å²) in [5.74, 6) is 1.60. The van der Waals surface area contributed by atoms with Gasteiger partial charge >= 0.3 is 0 Å². The van der Waals surface area contributed by atoms with Gasteiger partial charge in [0.1, 0.15) is 0 Å². The second kappa shape index (κ2) is 5.17. The van der Waals surface area contributed by atoms with E-state index in [1.807, 2.05) is 0 Å². The average Bonchev–Trinajstić information content (AvgIpc) is 2.07. The Balaban J connectivity index is 2.20. The lowest BCUT2D eigenvalue weighted by Crippen LogP contribution is -1.95. The normalized spacial score (nSPS) is 19.7. The summed E-state index contributed by atoms with van der Waals surface area (Å²) >= 11 is 0. The maximum atomic E-state index is 2.31. The quantitative estimate of drug-likeness (QED) is 0.537. The van der Waals surface area contributed by atoms with Crippen molar-refractivity contribution in [3.63, 3.8) is 0 Å². The van der Waals surface area contributed by atoms with Gasteiger partial charge in [-0.3, -0.25) is 0 Å². The van der Waals surface area contributed by atoms with Crippen LogP contribution in [0.25, 0.3) is 0 Å². The largest absolute Gasteiger partial charge is 0.0885 e. The minimum absolute atomic E-state index is 1.18. The van der Waals surface area contributed by atoms with Crippen LogP contribution in [0.1, 0.15) is 39.0 Å². The predicted octanol–water partition coefficient (Wildman–Crippen LogP) is 3.66. The molecule has 0 heteroatoms. The van der Waals surface area contributed by atoms with E-state index < -0.39 is 0 Å². The smallest absolute Gasteiger partial charge is 0.00131 e. The minimum Gasteiger partial charge on any atom is -0.0885 e. The number of hydrogen-bond acceptors (Lipinski definition) is 0. The van der Waals surface area contributed by atoms with E-state index in [1.165, 1.54) is 32.1 Å². The fourth-order valence-electron chi connectivity index (χ4n) is 1.29. The van der Waals surface area contributed by atoms with Crippen molar-refractivity contribution in [3.05, 3.63) is 30.2 Å². The maximum absolute atomic E-state index is 2.31. The molecule has 11 heavy (non-hydrogen) atoms. The second-order valence-corrected chi connectivity index (χ2v) is 3.06. The molecule has 0 amide bonds. The van der Waals surface area contributed by atoms with Crippen LogP contribution in [0, 0.1) is 5.92 Å². The van der Waals surface area contributed by atoms with Gasteiger partial charge in [0, 0.05) is 5.92 Å². The van der Waals surface area contributed by atoms with Crippen molar-refractivity contribution in [1.82, 2.24) is 0 Å². The van der Waals surface area contributed by atoms with Gasteiger partial charge in [-0.2, -0.15) is 0 Å². The molecule has 1 aliphatic rings. The molecule has 0 aromatic rings. The Bertz CT molecular complexity index is 142. The SMILES string of the molecule is CCCC=C[C]1CC=CCC1. The van der Waals surface area contributed by atoms with Crippen molar-refractivity contribution >= 4 is 0 Å². The third kappa shape index (κ3) is 3.41. The molecule has 0 unspecified atom stereocenters. The monoisotopic (exact) mass is 149 g/mol. The molecule has 0 saturated heterocycles. The molecular weight excluding hydrogens is 132 g/mol. The number of hydrogen-bond donors (Lipinski definition) is 0. The van der Waals surface area contributed by atoms with Crippen molar-refractivity contribution in [2.24, 2.45) is 0 Å². The van der Waals surface area contributed by atoms with Crippen LogP contribution in [0.2, 0.25) is 0 Å². The van der Waals surface area contributed by atoms with Crippen LogP contribution in [-0.4, -0.2) is 0 Å². The Kier molecular flexibility index (Phi) is 4.03. The average molecular weight is 149 g/mol. The fraction of sp³-hybridized carbons (Fsp3) is 0.545. The van der Waals surface area contributed by atoms with Crippen molar-refractivity contribution in [2.75, 3.05) is 0 Å². The summed E-state index contributed by atoms with van der Waals surface area (Å²) in [6, 6.07) is 0. The lowest BCUT2D eigenvalue weighted by atomic mass is 9.94. The maximum Gasteiger partial charge on any atom is 0.00131 e. The number of allylic oxidation sites excluding steroid dienone is 4. The zero-order chi connectivity index (χ0) is 7.94. The van der Waals surface area contributed by atoms with Crippen LogP contribution >= 0.6 is 0 Å². The standard InChI is InChI=1S/C11H17/c1-2-3-5-8-11-9-6-4-7-10-11/h4-6,8H,2-3,7,9-10H2,1H3. The van der Waals surface area contributed by atoms with Crippen LogP contribution in [0.3, 0.4) is 0 Å². The molecule has 0 spiro atoms. The van der Waals surface area contributed by atoms with Gasteiger partial charge in [-0.15, -0.1) is 0 Å². The zero-order valence-electron chi connectivity index (χ0n) is 7.34. The summed E-state index contributed by atoms with van der Waals surface area (Å²) in [6.45, 7) is 2.22. The molecule has 0 nitrogen and oxygen atoms in total. The fourth-order valence-corrected chi connectivity index (χ4v) is 1.29. The van der Waals surface area contributed by atoms with Crippen molar-refractivity contribution in [2.45, 2.75) is 39.0 Å². The highest BCUT2D eigenvalue weighted by Gasteiger charge is 2.04. The Hall–Kier alpha value is -0.520. The van der Waals surface area contributed by atoms with Gasteiger partial charge in [-0.1, -0.05) is 37.6 Å². The summed E-state index contributed by atoms with van der Waals surface area (Å²) in [6.07, 6.45) is 15.4. The van der Waals surface area contributed by atoms with Crippen molar-refractivity contribution in [1.29, 1.82) is 0 Å². The van der Waals surface area contributed by atoms with Gasteiger partial charge in [0.25, 0.3) is 0 Å². The third-order valence-electron chi connectivity index (χ3n) is 1.99. The van der Waals surface area contributed by atoms with Crippen LogP contribution in [-0.2, 0) is 0 Å². The summed E-state index contributed by atoms with van der Waals surface area (Å²) in [5.41, 5.74) is 0. The van der Waals surface area contributed by atoms with Gasteiger partial charge in [0.05, 0.1) is 0 Å². The third-order valence-corrected chi connectivity index (χ3v) is 1.99. The summed E-state index contributed by atoms with van der Waals surface area (Å²) in [5, 5.41) is 0. The van der Waals surface area contributed by atoms with Crippen molar-refractivity contribution < 1.29 is 0 Å². The van der Waals surface area contributed by atoms with E-state index in [0.29, 0.717) is 0 Å². The number of rotatable bonds is 3. The first kappa shape index (κ1) is 8.58. The molecule has 1 radical (unpaired) electrons. The first-order valence-corrected chi connectivity index (χ1v) is 4.59. The van der Waals surface area contributed by atoms with Crippen LogP contribution in [0.4, 0.5) is 0 Å². The molecule has 61 valence electrons. The summed E-state index contributed by atoms with van der Waals surface area (Å²) in [7, 11) is 0. The Morgan fingerprint density at radius 1 is 1.45 bits per heavy atom. The van der Waals surface area contributed by atoms with E-state index in [-0.39, 0.29) is 0 Å². The van der Waals surface area contributed by atoms with Crippen molar-refractivity contribution in [3.8, 4) is 0 Å². The van der Waals surface area contributed by atoms with E-state index in [9.17, 15) is 0 Å². The Morgan fingerprint density at radius 2 is 2.36 bits per heavy atom. The molecule has 0 N–H and O–H groups in total. The molecule has 1 rings (SSSR count). The lowest BCUT2D eigenvalue weighted by molar-refractivity contribution is 0.811. The highest BCUT2D eigenvalue weighted by atomic mass is 14.1. The molecular formula is C11H17. The second-order valence-electron chi connectivity index (χ2n) is 3.06. The van der Waals surface area contributed by atoms with Gasteiger partial charge in [0.2, 0.25) is 0 Å². The Morgan fingerprint density at radius 3 is 3.00 bits per heavy atom. The first-order valence-electron chi connectivity index (χ1n) is 4.59. The summed E-state index contributed by atoms with van der Waals surface area (Å²) < 4.78 is 0. The molecule has 0 aliphatic heterocycles. The molecule has 0 aromatic carbocycles. The highest BCUT2D eigenvalue weighted by Crippen LogP contribution is 2.21. The predicted molar refractivity (Wildman–Crippen MR) is 50.3 cm³/mol. The van der Waals surface area contributed by atoms with E-state index in [4.69, 9.17) is 0 Å². The van der Waals surface area contributed by atoms with E-state index in [1.54, 1.807) is 5.92 Å². The van der Waals surface area contributed by atoms with Gasteiger partial charge in [-0.25, -0.2) is 0 Å². The van der Waals surface area contributed by atoms with E-state index in [0.717, 1.165) is 0 Å². The minimum atomic E-state index is 1.18. The Labute approximate surface area is 70.0 Å². The van der Waals surface area contributed by atoms with E-state index >= 15 is 0 Å². The van der Waals surface area contributed by atoms with Crippen LogP contribution in [0.5, 0.6) is 0 Å². The first-order chi connectivity index (χ1) is 5.43. The molecule has 0 heterocycles. The van der Waals surface area contributed by atoms with Gasteiger partial charge < -0.3 is 0 Å². The lowest BCUT2D eigenvalue weighted by Gasteiger charge is -2.11. The highest BCUT2D eigenvalue weighted by molar-refractivity contribution is 5.16. The molecule has 0 fully saturated rings. The molecule has 0 aromatic heterocycles. The van der Waals surface area contributed by atoms with Gasteiger partial charge in [0.15, 0.2) is 0 Å². The number of unbranched alkanes of at least 4 members (excludes halogenated alkanes) is 1.